The molecule has 0 heterocycles. The predicted molar refractivity (Wildman–Crippen MR) is 71.5 cm³/mol. The van der Waals surface area contributed by atoms with Crippen LogP contribution in [0, 0.1) is 6.92 Å². The molecular weight excluding hydrogens is 226 g/mol. The van der Waals surface area contributed by atoms with E-state index >= 15 is 0 Å². The molecule has 0 aliphatic carbocycles. The molecule has 2 aromatic carbocycles. The molecule has 0 fully saturated rings. The van der Waals surface area contributed by atoms with Gasteiger partial charge in [-0.3, -0.25) is 9.69 Å². The highest BCUT2D eigenvalue weighted by Gasteiger charge is 2.15. The van der Waals surface area contributed by atoms with Crippen LogP contribution in [0.3, 0.4) is 0 Å². The molecule has 0 aliphatic heterocycles. The van der Waals surface area contributed by atoms with E-state index in [-0.39, 0.29) is 12.6 Å². The Morgan fingerprint density at radius 1 is 1.06 bits per heavy atom. The van der Waals surface area contributed by atoms with E-state index in [1.165, 1.54) is 4.90 Å². The Kier molecular flexibility index (Phi) is 3.75. The first kappa shape index (κ1) is 12.3. The molecule has 92 valence electrons. The minimum atomic E-state index is -0.337. The number of hydrogen-bond donors (Lipinski definition) is 1. The molecule has 0 saturated carbocycles. The summed E-state index contributed by atoms with van der Waals surface area (Å²) in [5, 5.41) is 9.39. The molecular formula is C15H15NO2. The summed E-state index contributed by atoms with van der Waals surface area (Å²) >= 11 is 0. The lowest BCUT2D eigenvalue weighted by Crippen LogP contribution is -2.31. The van der Waals surface area contributed by atoms with Crippen LogP contribution < -0.4 is 4.90 Å². The molecule has 18 heavy (non-hydrogen) atoms. The van der Waals surface area contributed by atoms with E-state index in [0.29, 0.717) is 11.3 Å². The predicted octanol–water partition coefficient (Wildman–Crippen LogP) is 2.59. The van der Waals surface area contributed by atoms with Gasteiger partial charge in [-0.15, -0.1) is 0 Å². The van der Waals surface area contributed by atoms with E-state index in [0.717, 1.165) is 5.56 Å². The number of carbonyl (C=O) groups excluding carboxylic acids is 1. The number of amides is 1. The standard InChI is InChI=1S/C15H15NO2/c1-12-7-9-14(10-8-12)16(11-17)15(18)13-5-3-2-4-6-13/h2-10,17H,11H2,1H3. The fourth-order valence-electron chi connectivity index (χ4n) is 1.72. The van der Waals surface area contributed by atoms with Gasteiger partial charge in [0, 0.05) is 11.3 Å². The highest BCUT2D eigenvalue weighted by atomic mass is 16.3. The maximum absolute atomic E-state index is 12.2. The molecule has 3 heteroatoms. The fourth-order valence-corrected chi connectivity index (χ4v) is 1.72. The van der Waals surface area contributed by atoms with Gasteiger partial charge in [-0.2, -0.15) is 0 Å². The van der Waals surface area contributed by atoms with E-state index in [1.807, 2.05) is 37.3 Å². The molecule has 0 unspecified atom stereocenters. The zero-order valence-corrected chi connectivity index (χ0v) is 10.2. The Morgan fingerprint density at radius 2 is 1.67 bits per heavy atom. The van der Waals surface area contributed by atoms with Crippen molar-refractivity contribution in [2.45, 2.75) is 6.92 Å². The van der Waals surface area contributed by atoms with Gasteiger partial charge < -0.3 is 5.11 Å². The Labute approximate surface area is 106 Å². The number of benzene rings is 2. The first-order valence-corrected chi connectivity index (χ1v) is 5.77. The number of carbonyl (C=O) groups is 1. The highest BCUT2D eigenvalue weighted by molar-refractivity contribution is 6.05. The highest BCUT2D eigenvalue weighted by Crippen LogP contribution is 2.17. The molecule has 0 atom stereocenters. The third-order valence-electron chi connectivity index (χ3n) is 2.75. The van der Waals surface area contributed by atoms with Crippen molar-refractivity contribution in [1.82, 2.24) is 0 Å². The number of aliphatic hydroxyl groups is 1. The van der Waals surface area contributed by atoms with Gasteiger partial charge in [0.15, 0.2) is 0 Å². The van der Waals surface area contributed by atoms with Gasteiger partial charge in [-0.05, 0) is 31.2 Å². The molecule has 2 aromatic rings. The Balaban J connectivity index is 2.29. The molecule has 2 rings (SSSR count). The first-order valence-electron chi connectivity index (χ1n) is 5.77. The van der Waals surface area contributed by atoms with Crippen LogP contribution in [0.4, 0.5) is 5.69 Å². The number of aliphatic hydroxyl groups excluding tert-OH is 1. The van der Waals surface area contributed by atoms with Crippen molar-refractivity contribution in [3.05, 3.63) is 65.7 Å². The molecule has 0 saturated heterocycles. The zero-order chi connectivity index (χ0) is 13.0. The van der Waals surface area contributed by atoms with Crippen molar-refractivity contribution in [2.75, 3.05) is 11.6 Å². The maximum atomic E-state index is 12.2. The summed E-state index contributed by atoms with van der Waals surface area (Å²) < 4.78 is 0. The molecule has 0 bridgehead atoms. The molecule has 0 aliphatic rings. The third-order valence-corrected chi connectivity index (χ3v) is 2.75. The summed E-state index contributed by atoms with van der Waals surface area (Å²) in [7, 11) is 0. The Bertz CT molecular complexity index is 520. The molecule has 1 N–H and O–H groups in total. The number of anilines is 1. The van der Waals surface area contributed by atoms with Crippen molar-refractivity contribution >= 4 is 11.6 Å². The van der Waals surface area contributed by atoms with Crippen LogP contribution in [0.5, 0.6) is 0 Å². The van der Waals surface area contributed by atoms with Crippen LogP contribution in [-0.4, -0.2) is 17.7 Å². The third kappa shape index (κ3) is 2.57. The molecule has 3 nitrogen and oxygen atoms in total. The second kappa shape index (κ2) is 5.47. The monoisotopic (exact) mass is 241 g/mol. The van der Waals surface area contributed by atoms with Gasteiger partial charge in [-0.1, -0.05) is 35.9 Å². The van der Waals surface area contributed by atoms with E-state index in [1.54, 1.807) is 24.3 Å². The van der Waals surface area contributed by atoms with Gasteiger partial charge in [-0.25, -0.2) is 0 Å². The number of rotatable bonds is 3. The molecule has 0 aromatic heterocycles. The van der Waals surface area contributed by atoms with Gasteiger partial charge in [0.05, 0.1) is 0 Å². The first-order chi connectivity index (χ1) is 8.72. The van der Waals surface area contributed by atoms with E-state index in [2.05, 4.69) is 0 Å². The van der Waals surface area contributed by atoms with Gasteiger partial charge >= 0.3 is 0 Å². The summed E-state index contributed by atoms with van der Waals surface area (Å²) in [5.41, 5.74) is 2.37. The number of hydrogen-bond acceptors (Lipinski definition) is 2. The summed E-state index contributed by atoms with van der Waals surface area (Å²) in [5.74, 6) is -0.207. The Hall–Kier alpha value is -2.13. The minimum absolute atomic E-state index is 0.207. The largest absolute Gasteiger partial charge is 0.376 e. The average Bonchev–Trinajstić information content (AvgIpc) is 2.42. The molecule has 1 amide bonds. The summed E-state index contributed by atoms with van der Waals surface area (Å²) in [6, 6.07) is 16.4. The quantitative estimate of drug-likeness (QED) is 0.839. The second-order valence-electron chi connectivity index (χ2n) is 4.08. The van der Waals surface area contributed by atoms with Crippen LogP contribution in [0.1, 0.15) is 15.9 Å². The van der Waals surface area contributed by atoms with Crippen molar-refractivity contribution in [3.63, 3.8) is 0 Å². The van der Waals surface area contributed by atoms with Crippen molar-refractivity contribution < 1.29 is 9.90 Å². The van der Waals surface area contributed by atoms with Crippen molar-refractivity contribution in [2.24, 2.45) is 0 Å². The summed E-state index contributed by atoms with van der Waals surface area (Å²) in [4.78, 5) is 13.6. The van der Waals surface area contributed by atoms with Crippen molar-refractivity contribution in [3.8, 4) is 0 Å². The number of nitrogens with zero attached hydrogens (tertiary/aromatic N) is 1. The van der Waals surface area contributed by atoms with Crippen LogP contribution in [0.2, 0.25) is 0 Å². The van der Waals surface area contributed by atoms with Crippen LogP contribution in [0.15, 0.2) is 54.6 Å². The number of aryl methyl sites for hydroxylation is 1. The fraction of sp³-hybridized carbons (Fsp3) is 0.133. The molecule has 0 spiro atoms. The van der Waals surface area contributed by atoms with E-state index < -0.39 is 0 Å². The second-order valence-corrected chi connectivity index (χ2v) is 4.08. The molecule has 0 radical (unpaired) electrons. The smallest absolute Gasteiger partial charge is 0.260 e. The minimum Gasteiger partial charge on any atom is -0.376 e. The van der Waals surface area contributed by atoms with Crippen molar-refractivity contribution in [1.29, 1.82) is 0 Å². The van der Waals surface area contributed by atoms with Crippen LogP contribution in [0.25, 0.3) is 0 Å². The lowest BCUT2D eigenvalue weighted by molar-refractivity contribution is 0.0960. The SMILES string of the molecule is Cc1ccc(N(CO)C(=O)c2ccccc2)cc1. The van der Waals surface area contributed by atoms with Crippen LogP contribution >= 0.6 is 0 Å². The van der Waals surface area contributed by atoms with E-state index in [9.17, 15) is 9.90 Å². The lowest BCUT2D eigenvalue weighted by atomic mass is 10.1. The van der Waals surface area contributed by atoms with Gasteiger partial charge in [0.1, 0.15) is 6.73 Å². The topological polar surface area (TPSA) is 40.5 Å². The average molecular weight is 241 g/mol. The normalized spacial score (nSPS) is 10.1. The lowest BCUT2D eigenvalue weighted by Gasteiger charge is -2.20. The van der Waals surface area contributed by atoms with Gasteiger partial charge in [0.2, 0.25) is 0 Å². The summed E-state index contributed by atoms with van der Waals surface area (Å²) in [6.07, 6.45) is 0. The van der Waals surface area contributed by atoms with Gasteiger partial charge in [0.25, 0.3) is 5.91 Å². The van der Waals surface area contributed by atoms with Crippen LogP contribution in [-0.2, 0) is 0 Å². The van der Waals surface area contributed by atoms with E-state index in [4.69, 9.17) is 0 Å². The summed E-state index contributed by atoms with van der Waals surface area (Å²) in [6.45, 7) is 1.64. The Morgan fingerprint density at radius 3 is 2.22 bits per heavy atom. The zero-order valence-electron chi connectivity index (χ0n) is 10.2. The maximum Gasteiger partial charge on any atom is 0.260 e.